The molecule has 0 aliphatic rings. The van der Waals surface area contributed by atoms with E-state index in [0.717, 1.165) is 37.4 Å². The monoisotopic (exact) mass is 321 g/mol. The third-order valence-electron chi connectivity index (χ3n) is 4.20. The van der Waals surface area contributed by atoms with Crippen molar-refractivity contribution in [3.63, 3.8) is 0 Å². The van der Waals surface area contributed by atoms with Crippen LogP contribution >= 0.6 is 0 Å². The Hall–Kier alpha value is -1.06. The first-order chi connectivity index (χ1) is 11.2. The van der Waals surface area contributed by atoms with Crippen molar-refractivity contribution in [3.8, 4) is 5.75 Å². The average Bonchev–Trinajstić information content (AvgIpc) is 2.57. The molecule has 1 aromatic rings. The van der Waals surface area contributed by atoms with E-state index in [0.29, 0.717) is 6.61 Å². The summed E-state index contributed by atoms with van der Waals surface area (Å²) in [4.78, 5) is 2.51. The molecule has 0 aliphatic heterocycles. The highest BCUT2D eigenvalue weighted by Gasteiger charge is 2.11. The highest BCUT2D eigenvalue weighted by atomic mass is 16.5. The summed E-state index contributed by atoms with van der Waals surface area (Å²) < 4.78 is 5.45. The Balaban J connectivity index is 2.43. The molecule has 0 spiro atoms. The molecule has 1 N–H and O–H groups in total. The molecule has 1 rings (SSSR count). The van der Waals surface area contributed by atoms with Gasteiger partial charge in [-0.3, -0.25) is 0 Å². The Morgan fingerprint density at radius 2 is 1.57 bits per heavy atom. The van der Waals surface area contributed by atoms with Crippen molar-refractivity contribution in [2.24, 2.45) is 0 Å². The maximum Gasteiger partial charge on any atom is 0.119 e. The molecule has 1 unspecified atom stereocenters. The van der Waals surface area contributed by atoms with Crippen molar-refractivity contribution < 1.29 is 9.84 Å². The van der Waals surface area contributed by atoms with Crippen molar-refractivity contribution in [3.05, 3.63) is 29.8 Å². The van der Waals surface area contributed by atoms with Gasteiger partial charge in [-0.2, -0.15) is 0 Å². The lowest BCUT2D eigenvalue weighted by Crippen LogP contribution is -2.28. The van der Waals surface area contributed by atoms with Gasteiger partial charge in [-0.1, -0.05) is 45.2 Å². The normalized spacial score (nSPS) is 12.6. The molecule has 0 aromatic heterocycles. The first-order valence-corrected chi connectivity index (χ1v) is 9.34. The summed E-state index contributed by atoms with van der Waals surface area (Å²) in [5.41, 5.74) is 0.984. The van der Waals surface area contributed by atoms with E-state index >= 15 is 0 Å². The van der Waals surface area contributed by atoms with Crippen LogP contribution in [0.1, 0.15) is 71.0 Å². The lowest BCUT2D eigenvalue weighted by molar-refractivity contribution is 0.140. The molecule has 23 heavy (non-hydrogen) atoms. The molecule has 1 atom stereocenters. The molecule has 0 bridgehead atoms. The first kappa shape index (κ1) is 20.0. The van der Waals surface area contributed by atoms with Crippen LogP contribution in [0.25, 0.3) is 0 Å². The maximum absolute atomic E-state index is 10.4. The number of hydrogen-bond donors (Lipinski definition) is 1. The van der Waals surface area contributed by atoms with Gasteiger partial charge in [0.2, 0.25) is 0 Å². The molecule has 0 amide bonds. The van der Waals surface area contributed by atoms with Crippen LogP contribution in [0, 0.1) is 0 Å². The standard InChI is InChI=1S/C20H35NO2/c1-4-7-9-16-21(15-8-5-2)17-14-20(22)18-10-12-19(13-11-18)23-6-3/h10-13,20,22H,4-9,14-17H2,1-3H3. The van der Waals surface area contributed by atoms with E-state index in [1.54, 1.807) is 0 Å². The van der Waals surface area contributed by atoms with E-state index in [4.69, 9.17) is 4.74 Å². The Morgan fingerprint density at radius 3 is 2.17 bits per heavy atom. The van der Waals surface area contributed by atoms with E-state index in [-0.39, 0.29) is 6.10 Å². The zero-order valence-corrected chi connectivity index (χ0v) is 15.3. The average molecular weight is 322 g/mol. The van der Waals surface area contributed by atoms with Crippen molar-refractivity contribution >= 4 is 0 Å². The number of rotatable bonds is 13. The van der Waals surface area contributed by atoms with E-state index in [2.05, 4.69) is 18.7 Å². The van der Waals surface area contributed by atoms with E-state index in [1.165, 1.54) is 32.1 Å². The molecular weight excluding hydrogens is 286 g/mol. The van der Waals surface area contributed by atoms with Gasteiger partial charge in [0.05, 0.1) is 12.7 Å². The second kappa shape index (κ2) is 12.4. The molecule has 0 fully saturated rings. The van der Waals surface area contributed by atoms with E-state index in [9.17, 15) is 5.11 Å². The molecule has 132 valence electrons. The summed E-state index contributed by atoms with van der Waals surface area (Å²) in [7, 11) is 0. The summed E-state index contributed by atoms with van der Waals surface area (Å²) in [6.07, 6.45) is 6.70. The molecule has 3 heteroatoms. The predicted molar refractivity (Wildman–Crippen MR) is 98.1 cm³/mol. The number of nitrogens with zero attached hydrogens (tertiary/aromatic N) is 1. The third-order valence-corrected chi connectivity index (χ3v) is 4.20. The summed E-state index contributed by atoms with van der Waals surface area (Å²) in [5, 5.41) is 10.4. The molecule has 0 aliphatic carbocycles. The fourth-order valence-electron chi connectivity index (χ4n) is 2.73. The Morgan fingerprint density at radius 1 is 0.913 bits per heavy atom. The summed E-state index contributed by atoms with van der Waals surface area (Å²) in [5.74, 6) is 0.868. The second-order valence-electron chi connectivity index (χ2n) is 6.21. The van der Waals surface area contributed by atoms with Gasteiger partial charge in [-0.05, 0) is 57.0 Å². The zero-order chi connectivity index (χ0) is 16.9. The van der Waals surface area contributed by atoms with Crippen LogP contribution in [-0.4, -0.2) is 36.2 Å². The molecule has 0 saturated heterocycles. The quantitative estimate of drug-likeness (QED) is 0.530. The third kappa shape index (κ3) is 8.38. The van der Waals surface area contributed by atoms with Crippen molar-refractivity contribution in [2.75, 3.05) is 26.2 Å². The predicted octanol–water partition coefficient (Wildman–Crippen LogP) is 4.80. The minimum Gasteiger partial charge on any atom is -0.494 e. The zero-order valence-electron chi connectivity index (χ0n) is 15.3. The van der Waals surface area contributed by atoms with Gasteiger partial charge in [0.15, 0.2) is 0 Å². The molecule has 0 radical (unpaired) electrons. The highest BCUT2D eigenvalue weighted by Crippen LogP contribution is 2.20. The number of unbranched alkanes of at least 4 members (excludes halogenated alkanes) is 3. The fourth-order valence-corrected chi connectivity index (χ4v) is 2.73. The molecule has 0 heterocycles. The summed E-state index contributed by atoms with van der Waals surface area (Å²) >= 11 is 0. The minimum absolute atomic E-state index is 0.388. The first-order valence-electron chi connectivity index (χ1n) is 9.34. The van der Waals surface area contributed by atoms with Gasteiger partial charge in [-0.25, -0.2) is 0 Å². The topological polar surface area (TPSA) is 32.7 Å². The van der Waals surface area contributed by atoms with E-state index in [1.807, 2.05) is 31.2 Å². The smallest absolute Gasteiger partial charge is 0.119 e. The molecule has 3 nitrogen and oxygen atoms in total. The van der Waals surface area contributed by atoms with Gasteiger partial charge >= 0.3 is 0 Å². The van der Waals surface area contributed by atoms with E-state index < -0.39 is 0 Å². The second-order valence-corrected chi connectivity index (χ2v) is 6.21. The van der Waals surface area contributed by atoms with Gasteiger partial charge < -0.3 is 14.7 Å². The highest BCUT2D eigenvalue weighted by molar-refractivity contribution is 5.28. The Labute approximate surface area is 142 Å². The largest absolute Gasteiger partial charge is 0.494 e. The SMILES string of the molecule is CCCCCN(CCCC)CCC(O)c1ccc(OCC)cc1. The number of ether oxygens (including phenoxy) is 1. The molecule has 0 saturated carbocycles. The van der Waals surface area contributed by atoms with Crippen LogP contribution < -0.4 is 4.74 Å². The maximum atomic E-state index is 10.4. The number of aliphatic hydroxyl groups excluding tert-OH is 1. The van der Waals surface area contributed by atoms with Crippen LogP contribution in [0.4, 0.5) is 0 Å². The molecule has 1 aromatic carbocycles. The fraction of sp³-hybridized carbons (Fsp3) is 0.700. The Bertz CT molecular complexity index is 391. The lowest BCUT2D eigenvalue weighted by atomic mass is 10.1. The summed E-state index contributed by atoms with van der Waals surface area (Å²) in [6, 6.07) is 7.84. The van der Waals surface area contributed by atoms with Gasteiger partial charge in [0, 0.05) is 6.54 Å². The lowest BCUT2D eigenvalue weighted by Gasteiger charge is -2.23. The van der Waals surface area contributed by atoms with Crippen LogP contribution in [0.15, 0.2) is 24.3 Å². The molecular formula is C20H35NO2. The van der Waals surface area contributed by atoms with Gasteiger partial charge in [0.1, 0.15) is 5.75 Å². The van der Waals surface area contributed by atoms with Crippen molar-refractivity contribution in [1.82, 2.24) is 4.90 Å². The Kier molecular flexibility index (Phi) is 10.8. The number of aliphatic hydroxyl groups is 1. The van der Waals surface area contributed by atoms with Crippen LogP contribution in [0.2, 0.25) is 0 Å². The number of hydrogen-bond acceptors (Lipinski definition) is 3. The van der Waals surface area contributed by atoms with Crippen molar-refractivity contribution in [1.29, 1.82) is 0 Å². The number of benzene rings is 1. The van der Waals surface area contributed by atoms with Crippen LogP contribution in [-0.2, 0) is 0 Å². The van der Waals surface area contributed by atoms with Gasteiger partial charge in [0.25, 0.3) is 0 Å². The summed E-state index contributed by atoms with van der Waals surface area (Å²) in [6.45, 7) is 10.4. The van der Waals surface area contributed by atoms with Crippen molar-refractivity contribution in [2.45, 2.75) is 65.4 Å². The van der Waals surface area contributed by atoms with Crippen LogP contribution in [0.3, 0.4) is 0 Å². The minimum atomic E-state index is -0.388. The van der Waals surface area contributed by atoms with Crippen LogP contribution in [0.5, 0.6) is 5.75 Å². The van der Waals surface area contributed by atoms with Gasteiger partial charge in [-0.15, -0.1) is 0 Å².